The lowest BCUT2D eigenvalue weighted by Gasteiger charge is -2.21. The van der Waals surface area contributed by atoms with Crippen molar-refractivity contribution in [3.05, 3.63) is 11.6 Å². The highest BCUT2D eigenvalue weighted by molar-refractivity contribution is 5.10. The van der Waals surface area contributed by atoms with E-state index in [1.165, 1.54) is 24.8 Å². The van der Waals surface area contributed by atoms with Crippen LogP contribution >= 0.6 is 0 Å². The molecule has 0 amide bonds. The maximum atomic E-state index is 9.68. The van der Waals surface area contributed by atoms with Crippen LogP contribution in [0.2, 0.25) is 0 Å². The Morgan fingerprint density at radius 3 is 2.55 bits per heavy atom. The zero-order valence-electron chi connectivity index (χ0n) is 7.51. The van der Waals surface area contributed by atoms with E-state index in [4.69, 9.17) is 0 Å². The van der Waals surface area contributed by atoms with Gasteiger partial charge in [0.15, 0.2) is 0 Å². The maximum absolute atomic E-state index is 9.68. The van der Waals surface area contributed by atoms with Gasteiger partial charge < -0.3 is 5.11 Å². The quantitative estimate of drug-likeness (QED) is 0.606. The molecule has 0 aromatic heterocycles. The van der Waals surface area contributed by atoms with Crippen molar-refractivity contribution < 1.29 is 5.11 Å². The average molecular weight is 154 g/mol. The summed E-state index contributed by atoms with van der Waals surface area (Å²) in [6.07, 6.45) is 6.87. The predicted octanol–water partition coefficient (Wildman–Crippen LogP) is 2.50. The highest BCUT2D eigenvalue weighted by Gasteiger charge is 2.15. The first-order chi connectivity index (χ1) is 5.22. The Labute approximate surface area is 69.1 Å². The molecular weight excluding hydrogens is 136 g/mol. The summed E-state index contributed by atoms with van der Waals surface area (Å²) in [7, 11) is 0. The van der Waals surface area contributed by atoms with Crippen LogP contribution in [0.3, 0.4) is 0 Å². The molecule has 64 valence electrons. The van der Waals surface area contributed by atoms with Gasteiger partial charge in [-0.3, -0.25) is 0 Å². The molecule has 1 heteroatoms. The van der Waals surface area contributed by atoms with E-state index in [0.29, 0.717) is 5.92 Å². The van der Waals surface area contributed by atoms with Crippen LogP contribution in [0.4, 0.5) is 0 Å². The first kappa shape index (κ1) is 8.79. The van der Waals surface area contributed by atoms with Gasteiger partial charge in [0.25, 0.3) is 0 Å². The van der Waals surface area contributed by atoms with Crippen molar-refractivity contribution >= 4 is 0 Å². The van der Waals surface area contributed by atoms with Crippen LogP contribution in [0.5, 0.6) is 0 Å². The molecule has 0 spiro atoms. The molecule has 11 heavy (non-hydrogen) atoms. The molecule has 0 bridgehead atoms. The fourth-order valence-electron chi connectivity index (χ4n) is 1.56. The molecule has 1 N–H and O–H groups in total. The fourth-order valence-corrected chi connectivity index (χ4v) is 1.56. The minimum Gasteiger partial charge on any atom is -0.388 e. The topological polar surface area (TPSA) is 20.2 Å². The molecule has 1 nitrogen and oxygen atoms in total. The van der Waals surface area contributed by atoms with Gasteiger partial charge in [-0.2, -0.15) is 0 Å². The Balaban J connectivity index is 2.51. The molecule has 0 aromatic rings. The average Bonchev–Trinajstić information content (AvgIpc) is 2.05. The second kappa shape index (κ2) is 3.91. The van der Waals surface area contributed by atoms with Crippen LogP contribution in [0.15, 0.2) is 11.6 Å². The van der Waals surface area contributed by atoms with Crippen molar-refractivity contribution in [1.82, 2.24) is 0 Å². The van der Waals surface area contributed by atoms with Crippen LogP contribution in [-0.4, -0.2) is 11.2 Å². The van der Waals surface area contributed by atoms with Gasteiger partial charge in [0, 0.05) is 0 Å². The second-order valence-corrected chi connectivity index (χ2v) is 3.71. The van der Waals surface area contributed by atoms with Gasteiger partial charge in [-0.1, -0.05) is 19.9 Å². The van der Waals surface area contributed by atoms with Gasteiger partial charge in [0.1, 0.15) is 0 Å². The molecule has 0 fully saturated rings. The van der Waals surface area contributed by atoms with Gasteiger partial charge in [-0.05, 0) is 37.2 Å². The maximum Gasteiger partial charge on any atom is 0.0772 e. The van der Waals surface area contributed by atoms with Crippen molar-refractivity contribution in [2.24, 2.45) is 5.92 Å². The van der Waals surface area contributed by atoms with E-state index in [2.05, 4.69) is 19.9 Å². The van der Waals surface area contributed by atoms with E-state index in [1.54, 1.807) is 0 Å². The third-order valence-electron chi connectivity index (χ3n) is 2.34. The van der Waals surface area contributed by atoms with Gasteiger partial charge >= 0.3 is 0 Å². The van der Waals surface area contributed by atoms with Crippen LogP contribution in [0, 0.1) is 5.92 Å². The number of rotatable bonds is 2. The standard InChI is InChI=1S/C10H18O/c1-8(2)10(11)9-6-4-3-5-7-9/h6,8,10-11H,3-5,7H2,1-2H3. The van der Waals surface area contributed by atoms with Gasteiger partial charge in [-0.25, -0.2) is 0 Å². The third kappa shape index (κ3) is 2.33. The molecule has 1 atom stereocenters. The smallest absolute Gasteiger partial charge is 0.0772 e. The lowest BCUT2D eigenvalue weighted by Crippen LogP contribution is -2.18. The first-order valence-electron chi connectivity index (χ1n) is 4.59. The normalized spacial score (nSPS) is 21.6. The fraction of sp³-hybridized carbons (Fsp3) is 0.800. The summed E-state index contributed by atoms with van der Waals surface area (Å²) in [6.45, 7) is 4.14. The van der Waals surface area contributed by atoms with Crippen LogP contribution in [0.25, 0.3) is 0 Å². The summed E-state index contributed by atoms with van der Waals surface area (Å²) < 4.78 is 0. The summed E-state index contributed by atoms with van der Waals surface area (Å²) in [6, 6.07) is 0. The molecule has 0 aliphatic heterocycles. The zero-order valence-corrected chi connectivity index (χ0v) is 7.51. The lowest BCUT2D eigenvalue weighted by molar-refractivity contribution is 0.154. The first-order valence-corrected chi connectivity index (χ1v) is 4.59. The van der Waals surface area contributed by atoms with E-state index >= 15 is 0 Å². The number of aliphatic hydroxyl groups excluding tert-OH is 1. The van der Waals surface area contributed by atoms with E-state index in [0.717, 1.165) is 6.42 Å². The number of hydrogen-bond donors (Lipinski definition) is 1. The van der Waals surface area contributed by atoms with Crippen molar-refractivity contribution in [3.8, 4) is 0 Å². The van der Waals surface area contributed by atoms with E-state index in [-0.39, 0.29) is 6.10 Å². The van der Waals surface area contributed by atoms with Crippen molar-refractivity contribution in [3.63, 3.8) is 0 Å². The lowest BCUT2D eigenvalue weighted by atomic mass is 9.90. The minimum atomic E-state index is -0.185. The van der Waals surface area contributed by atoms with Gasteiger partial charge in [-0.15, -0.1) is 0 Å². The van der Waals surface area contributed by atoms with E-state index < -0.39 is 0 Å². The Kier molecular flexibility index (Phi) is 3.13. The molecule has 1 aliphatic rings. The largest absolute Gasteiger partial charge is 0.388 e. The molecule has 1 aliphatic carbocycles. The SMILES string of the molecule is CC(C)C(O)C1=CCCCC1. The molecule has 1 rings (SSSR count). The second-order valence-electron chi connectivity index (χ2n) is 3.71. The molecule has 0 radical (unpaired) electrons. The molecule has 0 aromatic carbocycles. The summed E-state index contributed by atoms with van der Waals surface area (Å²) in [5, 5.41) is 9.68. The summed E-state index contributed by atoms with van der Waals surface area (Å²) >= 11 is 0. The number of hydrogen-bond acceptors (Lipinski definition) is 1. The van der Waals surface area contributed by atoms with Crippen molar-refractivity contribution in [2.75, 3.05) is 0 Å². The Morgan fingerprint density at radius 2 is 2.09 bits per heavy atom. The molecule has 0 heterocycles. The molecule has 1 unspecified atom stereocenters. The van der Waals surface area contributed by atoms with Crippen molar-refractivity contribution in [2.45, 2.75) is 45.6 Å². The molecular formula is C10H18O. The Morgan fingerprint density at radius 1 is 1.36 bits per heavy atom. The van der Waals surface area contributed by atoms with Crippen LogP contribution < -0.4 is 0 Å². The Hall–Kier alpha value is -0.300. The highest BCUT2D eigenvalue weighted by atomic mass is 16.3. The van der Waals surface area contributed by atoms with Crippen LogP contribution in [-0.2, 0) is 0 Å². The number of allylic oxidation sites excluding steroid dienone is 1. The van der Waals surface area contributed by atoms with E-state index in [9.17, 15) is 5.11 Å². The summed E-state index contributed by atoms with van der Waals surface area (Å²) in [5.41, 5.74) is 1.27. The predicted molar refractivity (Wildman–Crippen MR) is 47.4 cm³/mol. The summed E-state index contributed by atoms with van der Waals surface area (Å²) in [5.74, 6) is 0.374. The highest BCUT2D eigenvalue weighted by Crippen LogP contribution is 2.23. The van der Waals surface area contributed by atoms with Crippen LogP contribution in [0.1, 0.15) is 39.5 Å². The van der Waals surface area contributed by atoms with Gasteiger partial charge in [0.05, 0.1) is 6.10 Å². The van der Waals surface area contributed by atoms with Gasteiger partial charge in [0.2, 0.25) is 0 Å². The monoisotopic (exact) mass is 154 g/mol. The minimum absolute atomic E-state index is 0.185. The van der Waals surface area contributed by atoms with E-state index in [1.807, 2.05) is 0 Å². The zero-order chi connectivity index (χ0) is 8.27. The Bertz CT molecular complexity index is 147. The van der Waals surface area contributed by atoms with Crippen molar-refractivity contribution in [1.29, 1.82) is 0 Å². The molecule has 0 saturated heterocycles. The summed E-state index contributed by atoms with van der Waals surface area (Å²) in [4.78, 5) is 0. The molecule has 0 saturated carbocycles. The number of aliphatic hydroxyl groups is 1. The third-order valence-corrected chi connectivity index (χ3v) is 2.34.